The van der Waals surface area contributed by atoms with Crippen LogP contribution in [-0.4, -0.2) is 20.7 Å². The van der Waals surface area contributed by atoms with E-state index in [1.165, 1.54) is 4.68 Å². The highest BCUT2D eigenvalue weighted by molar-refractivity contribution is 6.02. The Morgan fingerprint density at radius 1 is 0.968 bits per heavy atom. The van der Waals surface area contributed by atoms with Crippen LogP contribution in [0.2, 0.25) is 0 Å². The van der Waals surface area contributed by atoms with E-state index in [9.17, 15) is 9.59 Å². The van der Waals surface area contributed by atoms with Crippen molar-refractivity contribution in [1.29, 1.82) is 0 Å². The summed E-state index contributed by atoms with van der Waals surface area (Å²) in [6.45, 7) is 2.70. The summed E-state index contributed by atoms with van der Waals surface area (Å²) in [5.41, 5.74) is 1.61. The minimum absolute atomic E-state index is 0.0822. The molecule has 0 saturated carbocycles. The van der Waals surface area contributed by atoms with Crippen LogP contribution in [0.15, 0.2) is 65.6 Å². The Labute approximate surface area is 180 Å². The number of pyridine rings is 1. The van der Waals surface area contributed by atoms with Crippen LogP contribution >= 0.6 is 0 Å². The first-order valence-electron chi connectivity index (χ1n) is 10.7. The van der Waals surface area contributed by atoms with Crippen LogP contribution in [0.5, 0.6) is 0 Å². The van der Waals surface area contributed by atoms with Crippen molar-refractivity contribution in [3.05, 3.63) is 82.4 Å². The fourth-order valence-electron chi connectivity index (χ4n) is 3.72. The Morgan fingerprint density at radius 2 is 1.77 bits per heavy atom. The number of carbonyl (C=O) groups is 1. The number of hydrogen-bond acceptors (Lipinski definition) is 5. The highest BCUT2D eigenvalue weighted by atomic mass is 16.5. The van der Waals surface area contributed by atoms with Crippen LogP contribution in [-0.2, 0) is 17.9 Å². The van der Waals surface area contributed by atoms with Gasteiger partial charge in [0.1, 0.15) is 6.61 Å². The molecular formula is C25H25N3O3. The summed E-state index contributed by atoms with van der Waals surface area (Å²) in [7, 11) is 0. The summed E-state index contributed by atoms with van der Waals surface area (Å²) in [6.07, 6.45) is 5.80. The zero-order chi connectivity index (χ0) is 21.6. The standard InChI is InChI=1S/C25H25N3O3/c1-2-3-4-7-16-28-24(29)21-14-6-5-13-20(21)23(27-28)25(30)31-17-19-11-8-10-18-12-9-15-26-22(18)19/h5-6,8-15H,2-4,7,16-17H2,1H3. The molecule has 2 aromatic carbocycles. The number of hydrogen-bond donors (Lipinski definition) is 0. The number of ether oxygens (including phenoxy) is 1. The average Bonchev–Trinajstić information content (AvgIpc) is 2.81. The number of esters is 1. The Kier molecular flexibility index (Phi) is 6.36. The normalized spacial score (nSPS) is 11.1. The maximum Gasteiger partial charge on any atom is 0.359 e. The highest BCUT2D eigenvalue weighted by Gasteiger charge is 2.18. The Balaban J connectivity index is 1.62. The second-order valence-corrected chi connectivity index (χ2v) is 7.55. The maximum atomic E-state index is 13.0. The predicted molar refractivity (Wildman–Crippen MR) is 121 cm³/mol. The minimum Gasteiger partial charge on any atom is -0.456 e. The molecule has 0 saturated heterocycles. The summed E-state index contributed by atoms with van der Waals surface area (Å²) < 4.78 is 7.01. The summed E-state index contributed by atoms with van der Waals surface area (Å²) in [5, 5.41) is 6.36. The molecule has 0 spiro atoms. The Hall–Kier alpha value is -3.54. The third-order valence-electron chi connectivity index (χ3n) is 5.36. The average molecular weight is 415 g/mol. The zero-order valence-electron chi connectivity index (χ0n) is 17.6. The molecule has 0 N–H and O–H groups in total. The lowest BCUT2D eigenvalue weighted by Crippen LogP contribution is -2.26. The van der Waals surface area contributed by atoms with Crippen LogP contribution < -0.4 is 5.56 Å². The quantitative estimate of drug-likeness (QED) is 0.303. The van der Waals surface area contributed by atoms with E-state index in [0.29, 0.717) is 17.3 Å². The number of aryl methyl sites for hydroxylation is 1. The molecule has 0 bridgehead atoms. The zero-order valence-corrected chi connectivity index (χ0v) is 17.6. The van der Waals surface area contributed by atoms with Gasteiger partial charge in [0.2, 0.25) is 0 Å². The van der Waals surface area contributed by atoms with Gasteiger partial charge in [-0.25, -0.2) is 9.48 Å². The van der Waals surface area contributed by atoms with Gasteiger partial charge in [-0.15, -0.1) is 0 Å². The van der Waals surface area contributed by atoms with Crippen molar-refractivity contribution in [3.8, 4) is 0 Å². The minimum atomic E-state index is -0.550. The molecule has 31 heavy (non-hydrogen) atoms. The molecule has 2 aromatic heterocycles. The molecule has 6 heteroatoms. The van der Waals surface area contributed by atoms with E-state index >= 15 is 0 Å². The van der Waals surface area contributed by atoms with Crippen molar-refractivity contribution in [2.24, 2.45) is 0 Å². The fraction of sp³-hybridized carbons (Fsp3) is 0.280. The van der Waals surface area contributed by atoms with Gasteiger partial charge in [-0.1, -0.05) is 68.7 Å². The molecule has 0 amide bonds. The molecule has 0 aliphatic heterocycles. The number of rotatable bonds is 8. The van der Waals surface area contributed by atoms with Crippen molar-refractivity contribution in [2.75, 3.05) is 0 Å². The smallest absolute Gasteiger partial charge is 0.359 e. The van der Waals surface area contributed by atoms with Crippen molar-refractivity contribution >= 4 is 27.6 Å². The number of fused-ring (bicyclic) bond motifs is 2. The topological polar surface area (TPSA) is 74.1 Å². The number of carbonyl (C=O) groups excluding carboxylic acids is 1. The van der Waals surface area contributed by atoms with Crippen LogP contribution in [0.25, 0.3) is 21.7 Å². The molecule has 0 aliphatic carbocycles. The van der Waals surface area contributed by atoms with Gasteiger partial charge in [-0.2, -0.15) is 5.10 Å². The lowest BCUT2D eigenvalue weighted by Gasteiger charge is -2.11. The third-order valence-corrected chi connectivity index (χ3v) is 5.36. The van der Waals surface area contributed by atoms with Gasteiger partial charge in [0, 0.05) is 29.1 Å². The predicted octanol–water partition coefficient (Wildman–Crippen LogP) is 4.88. The van der Waals surface area contributed by atoms with Gasteiger partial charge < -0.3 is 4.74 Å². The van der Waals surface area contributed by atoms with Crippen molar-refractivity contribution in [3.63, 3.8) is 0 Å². The van der Waals surface area contributed by atoms with Gasteiger partial charge in [-0.3, -0.25) is 9.78 Å². The monoisotopic (exact) mass is 415 g/mol. The Bertz CT molecular complexity index is 1270. The van der Waals surface area contributed by atoms with Gasteiger partial charge in [-0.05, 0) is 18.6 Å². The van der Waals surface area contributed by atoms with Crippen LogP contribution in [0.4, 0.5) is 0 Å². The first kappa shape index (κ1) is 20.7. The van der Waals surface area contributed by atoms with E-state index in [4.69, 9.17) is 4.74 Å². The van der Waals surface area contributed by atoms with E-state index in [2.05, 4.69) is 17.0 Å². The second-order valence-electron chi connectivity index (χ2n) is 7.55. The van der Waals surface area contributed by atoms with Gasteiger partial charge in [0.25, 0.3) is 5.56 Å². The van der Waals surface area contributed by atoms with Crippen molar-refractivity contribution in [1.82, 2.24) is 14.8 Å². The molecule has 158 valence electrons. The van der Waals surface area contributed by atoms with E-state index < -0.39 is 5.97 Å². The first-order valence-corrected chi connectivity index (χ1v) is 10.7. The number of unbranched alkanes of at least 4 members (excludes halogenated alkanes) is 3. The fourth-order valence-corrected chi connectivity index (χ4v) is 3.72. The highest BCUT2D eigenvalue weighted by Crippen LogP contribution is 2.19. The van der Waals surface area contributed by atoms with Crippen LogP contribution in [0.1, 0.15) is 48.7 Å². The molecule has 4 rings (SSSR count). The van der Waals surface area contributed by atoms with Crippen LogP contribution in [0, 0.1) is 0 Å². The second kappa shape index (κ2) is 9.51. The lowest BCUT2D eigenvalue weighted by molar-refractivity contribution is 0.0466. The molecule has 0 atom stereocenters. The molecule has 2 heterocycles. The lowest BCUT2D eigenvalue weighted by atomic mass is 10.1. The third kappa shape index (κ3) is 4.48. The molecular weight excluding hydrogens is 390 g/mol. The first-order chi connectivity index (χ1) is 15.2. The van der Waals surface area contributed by atoms with Gasteiger partial charge >= 0.3 is 5.97 Å². The van der Waals surface area contributed by atoms with E-state index in [1.54, 1.807) is 30.5 Å². The number of benzene rings is 2. The molecule has 6 nitrogen and oxygen atoms in total. The maximum absolute atomic E-state index is 13.0. The number of nitrogens with zero attached hydrogens (tertiary/aromatic N) is 3. The summed E-state index contributed by atoms with van der Waals surface area (Å²) in [4.78, 5) is 30.2. The van der Waals surface area contributed by atoms with Gasteiger partial charge in [0.05, 0.1) is 10.9 Å². The van der Waals surface area contributed by atoms with E-state index in [1.807, 2.05) is 30.3 Å². The SMILES string of the molecule is CCCCCCn1nc(C(=O)OCc2cccc3cccnc23)c2ccccc2c1=O. The molecule has 0 unspecified atom stereocenters. The molecule has 0 aliphatic rings. The number of aromatic nitrogens is 3. The molecule has 4 aromatic rings. The van der Waals surface area contributed by atoms with Crippen molar-refractivity contribution < 1.29 is 9.53 Å². The number of para-hydroxylation sites is 1. The summed E-state index contributed by atoms with van der Waals surface area (Å²) >= 11 is 0. The summed E-state index contributed by atoms with van der Waals surface area (Å²) in [5.74, 6) is -0.550. The van der Waals surface area contributed by atoms with E-state index in [-0.39, 0.29) is 17.9 Å². The Morgan fingerprint density at radius 3 is 2.61 bits per heavy atom. The summed E-state index contributed by atoms with van der Waals surface area (Å²) in [6, 6.07) is 16.7. The van der Waals surface area contributed by atoms with Gasteiger partial charge in [0.15, 0.2) is 5.69 Å². The van der Waals surface area contributed by atoms with E-state index in [0.717, 1.165) is 42.1 Å². The molecule has 0 fully saturated rings. The molecule has 0 radical (unpaired) electrons. The van der Waals surface area contributed by atoms with Crippen LogP contribution in [0.3, 0.4) is 0 Å². The van der Waals surface area contributed by atoms with Crippen molar-refractivity contribution in [2.45, 2.75) is 45.8 Å². The largest absolute Gasteiger partial charge is 0.456 e.